The lowest BCUT2D eigenvalue weighted by Crippen LogP contribution is -2.28. The first-order valence-corrected chi connectivity index (χ1v) is 8.01. The van der Waals surface area contributed by atoms with Crippen molar-refractivity contribution < 1.29 is 22.0 Å². The number of pyridine rings is 1. The number of hydrogen-bond donors (Lipinski definition) is 2. The van der Waals surface area contributed by atoms with Gasteiger partial charge in [-0.15, -0.1) is 0 Å². The Balaban J connectivity index is 1.89. The quantitative estimate of drug-likeness (QED) is 0.836. The number of amides is 1. The fourth-order valence-electron chi connectivity index (χ4n) is 1.69. The van der Waals surface area contributed by atoms with Crippen LogP contribution in [0.5, 0.6) is 0 Å². The summed E-state index contributed by atoms with van der Waals surface area (Å²) in [6, 6.07) is 5.51. The van der Waals surface area contributed by atoms with Crippen molar-refractivity contribution >= 4 is 21.6 Å². The van der Waals surface area contributed by atoms with E-state index in [-0.39, 0.29) is 13.0 Å². The monoisotopic (exact) mass is 341 g/mol. The normalized spacial score (nSPS) is 11.2. The van der Waals surface area contributed by atoms with Crippen LogP contribution in [0.1, 0.15) is 6.42 Å². The third kappa shape index (κ3) is 4.80. The van der Waals surface area contributed by atoms with E-state index in [9.17, 15) is 22.0 Å². The van der Waals surface area contributed by atoms with Crippen molar-refractivity contribution in [2.24, 2.45) is 0 Å². The predicted octanol–water partition coefficient (Wildman–Crippen LogP) is 1.67. The van der Waals surface area contributed by atoms with E-state index in [1.165, 1.54) is 6.20 Å². The molecule has 2 rings (SSSR count). The highest BCUT2D eigenvalue weighted by Gasteiger charge is 2.16. The molecule has 0 aliphatic rings. The van der Waals surface area contributed by atoms with E-state index in [1.807, 2.05) is 0 Å². The average molecular weight is 341 g/mol. The molecule has 0 atom stereocenters. The molecular formula is C14H13F2N3O3S. The molecule has 0 bridgehead atoms. The number of nitrogens with one attached hydrogen (secondary N) is 2. The van der Waals surface area contributed by atoms with Crippen molar-refractivity contribution in [1.82, 2.24) is 9.71 Å². The summed E-state index contributed by atoms with van der Waals surface area (Å²) in [5.74, 6) is -2.81. The average Bonchev–Trinajstić information content (AvgIpc) is 2.50. The van der Waals surface area contributed by atoms with E-state index < -0.39 is 32.5 Å². The molecule has 1 heterocycles. The number of benzene rings is 1. The van der Waals surface area contributed by atoms with Gasteiger partial charge in [-0.1, -0.05) is 0 Å². The first kappa shape index (κ1) is 17.0. The van der Waals surface area contributed by atoms with Crippen LogP contribution in [0.4, 0.5) is 14.5 Å². The Morgan fingerprint density at radius 3 is 2.61 bits per heavy atom. The fraction of sp³-hybridized carbons (Fsp3) is 0.143. The highest BCUT2D eigenvalue weighted by molar-refractivity contribution is 7.89. The van der Waals surface area contributed by atoms with E-state index in [1.54, 1.807) is 18.3 Å². The molecular weight excluding hydrogens is 328 g/mol. The highest BCUT2D eigenvalue weighted by Crippen LogP contribution is 2.13. The van der Waals surface area contributed by atoms with Gasteiger partial charge in [-0.2, -0.15) is 0 Å². The second-order valence-electron chi connectivity index (χ2n) is 4.51. The summed E-state index contributed by atoms with van der Waals surface area (Å²) in [7, 11) is -4.02. The van der Waals surface area contributed by atoms with Crippen LogP contribution in [0, 0.1) is 11.6 Å². The molecule has 9 heteroatoms. The molecule has 0 aliphatic carbocycles. The SMILES string of the molecule is O=C(CCNS(=O)(=O)c1ccc(F)c(F)c1)Nc1cccnc1. The van der Waals surface area contributed by atoms with Crippen LogP contribution < -0.4 is 10.0 Å². The topological polar surface area (TPSA) is 88.2 Å². The number of hydrogen-bond acceptors (Lipinski definition) is 4. The lowest BCUT2D eigenvalue weighted by atomic mass is 10.3. The summed E-state index contributed by atoms with van der Waals surface area (Å²) < 4.78 is 51.8. The van der Waals surface area contributed by atoms with Crippen LogP contribution in [-0.2, 0) is 14.8 Å². The van der Waals surface area contributed by atoms with Gasteiger partial charge in [0.15, 0.2) is 11.6 Å². The molecule has 1 aromatic carbocycles. The highest BCUT2D eigenvalue weighted by atomic mass is 32.2. The molecule has 2 aromatic rings. The summed E-state index contributed by atoms with van der Waals surface area (Å²) in [5, 5.41) is 2.54. The zero-order valence-electron chi connectivity index (χ0n) is 11.8. The zero-order valence-corrected chi connectivity index (χ0v) is 12.6. The largest absolute Gasteiger partial charge is 0.325 e. The van der Waals surface area contributed by atoms with Crippen molar-refractivity contribution in [3.63, 3.8) is 0 Å². The summed E-state index contributed by atoms with van der Waals surface area (Å²) >= 11 is 0. The number of halogens is 2. The van der Waals surface area contributed by atoms with E-state index in [0.29, 0.717) is 11.8 Å². The van der Waals surface area contributed by atoms with Crippen LogP contribution in [0.25, 0.3) is 0 Å². The molecule has 0 fully saturated rings. The number of aromatic nitrogens is 1. The number of sulfonamides is 1. The minimum Gasteiger partial charge on any atom is -0.325 e. The van der Waals surface area contributed by atoms with Gasteiger partial charge in [0.1, 0.15) is 0 Å². The molecule has 1 amide bonds. The molecule has 0 saturated carbocycles. The van der Waals surface area contributed by atoms with Crippen molar-refractivity contribution in [2.45, 2.75) is 11.3 Å². The van der Waals surface area contributed by atoms with E-state index >= 15 is 0 Å². The second kappa shape index (κ2) is 7.25. The van der Waals surface area contributed by atoms with Gasteiger partial charge in [-0.05, 0) is 30.3 Å². The number of carbonyl (C=O) groups is 1. The van der Waals surface area contributed by atoms with Crippen LogP contribution in [0.15, 0.2) is 47.6 Å². The molecule has 0 aliphatic heterocycles. The second-order valence-corrected chi connectivity index (χ2v) is 6.28. The molecule has 0 radical (unpaired) electrons. The first-order chi connectivity index (χ1) is 10.9. The Morgan fingerprint density at radius 2 is 1.96 bits per heavy atom. The van der Waals surface area contributed by atoms with Crippen molar-refractivity contribution in [3.8, 4) is 0 Å². The van der Waals surface area contributed by atoms with Crippen LogP contribution in [0.3, 0.4) is 0 Å². The Labute approximate surface area is 131 Å². The molecule has 6 nitrogen and oxygen atoms in total. The minimum absolute atomic E-state index is 0.127. The number of nitrogens with zero attached hydrogens (tertiary/aromatic N) is 1. The fourth-order valence-corrected chi connectivity index (χ4v) is 2.73. The van der Waals surface area contributed by atoms with Crippen LogP contribution >= 0.6 is 0 Å². The van der Waals surface area contributed by atoms with Gasteiger partial charge in [-0.25, -0.2) is 21.9 Å². The van der Waals surface area contributed by atoms with Crippen LogP contribution in [0.2, 0.25) is 0 Å². The smallest absolute Gasteiger partial charge is 0.240 e. The maximum Gasteiger partial charge on any atom is 0.240 e. The molecule has 0 spiro atoms. The van der Waals surface area contributed by atoms with Gasteiger partial charge >= 0.3 is 0 Å². The molecule has 23 heavy (non-hydrogen) atoms. The standard InChI is InChI=1S/C14H13F2N3O3S/c15-12-4-3-11(8-13(12)16)23(21,22)18-7-5-14(20)19-10-2-1-6-17-9-10/h1-4,6,8-9,18H,5,7H2,(H,19,20). The lowest BCUT2D eigenvalue weighted by Gasteiger charge is -2.07. The third-order valence-corrected chi connectivity index (χ3v) is 4.25. The number of rotatable bonds is 6. The van der Waals surface area contributed by atoms with E-state index in [0.717, 1.165) is 12.1 Å². The van der Waals surface area contributed by atoms with Gasteiger partial charge in [-0.3, -0.25) is 9.78 Å². The van der Waals surface area contributed by atoms with Crippen molar-refractivity contribution in [3.05, 3.63) is 54.4 Å². The third-order valence-electron chi connectivity index (χ3n) is 2.79. The summed E-state index contributed by atoms with van der Waals surface area (Å²) in [4.78, 5) is 15.1. The maximum absolute atomic E-state index is 13.1. The Kier molecular flexibility index (Phi) is 5.35. The summed E-state index contributed by atoms with van der Waals surface area (Å²) in [6.07, 6.45) is 2.87. The first-order valence-electron chi connectivity index (χ1n) is 6.53. The molecule has 0 unspecified atom stereocenters. The summed E-state index contributed by atoms with van der Waals surface area (Å²) in [6.45, 7) is -0.187. The van der Waals surface area contributed by atoms with E-state index in [4.69, 9.17) is 0 Å². The van der Waals surface area contributed by atoms with Crippen molar-refractivity contribution in [2.75, 3.05) is 11.9 Å². The molecule has 0 saturated heterocycles. The molecule has 1 aromatic heterocycles. The zero-order chi connectivity index (χ0) is 16.9. The number of carbonyl (C=O) groups excluding carboxylic acids is 1. The Morgan fingerprint density at radius 1 is 1.17 bits per heavy atom. The summed E-state index contributed by atoms with van der Waals surface area (Å²) in [5.41, 5.74) is 0.487. The maximum atomic E-state index is 13.1. The Bertz CT molecular complexity index is 798. The van der Waals surface area contributed by atoms with E-state index in [2.05, 4.69) is 15.0 Å². The molecule has 122 valence electrons. The van der Waals surface area contributed by atoms with Gasteiger partial charge in [0.25, 0.3) is 0 Å². The van der Waals surface area contributed by atoms with Gasteiger partial charge in [0, 0.05) is 19.2 Å². The van der Waals surface area contributed by atoms with Crippen molar-refractivity contribution in [1.29, 1.82) is 0 Å². The Hall–Kier alpha value is -2.39. The van der Waals surface area contributed by atoms with Gasteiger partial charge in [0.2, 0.25) is 15.9 Å². The minimum atomic E-state index is -4.02. The lowest BCUT2D eigenvalue weighted by molar-refractivity contribution is -0.116. The van der Waals surface area contributed by atoms with Gasteiger partial charge < -0.3 is 5.32 Å². The predicted molar refractivity (Wildman–Crippen MR) is 79.0 cm³/mol. The molecule has 2 N–H and O–H groups in total. The number of anilines is 1. The van der Waals surface area contributed by atoms with Crippen LogP contribution in [-0.4, -0.2) is 25.9 Å². The van der Waals surface area contributed by atoms with Gasteiger partial charge in [0.05, 0.1) is 16.8 Å².